The van der Waals surface area contributed by atoms with E-state index in [2.05, 4.69) is 15.3 Å². The molecule has 0 radical (unpaired) electrons. The van der Waals surface area contributed by atoms with Crippen molar-refractivity contribution in [3.05, 3.63) is 47.7 Å². The molecule has 1 aromatic heterocycles. The van der Waals surface area contributed by atoms with E-state index in [0.717, 1.165) is 6.07 Å². The third kappa shape index (κ3) is 4.12. The van der Waals surface area contributed by atoms with Crippen molar-refractivity contribution in [2.45, 2.75) is 12.2 Å². The second-order valence-electron chi connectivity index (χ2n) is 5.22. The maximum atomic E-state index is 13.0. The normalized spacial score (nSPS) is 12.5. The zero-order chi connectivity index (χ0) is 17.9. The Morgan fingerprint density at radius 3 is 2.33 bits per heavy atom. The summed E-state index contributed by atoms with van der Waals surface area (Å²) in [6.07, 6.45) is -4.64. The van der Waals surface area contributed by atoms with Crippen LogP contribution in [0.4, 0.5) is 24.9 Å². The number of benzene rings is 1. The lowest BCUT2D eigenvalue weighted by Gasteiger charge is -2.19. The zero-order valence-electron chi connectivity index (χ0n) is 13.0. The van der Waals surface area contributed by atoms with E-state index in [-0.39, 0.29) is 11.8 Å². The van der Waals surface area contributed by atoms with E-state index >= 15 is 0 Å². The number of hydrogen-bond acceptors (Lipinski definition) is 5. The Morgan fingerprint density at radius 1 is 1.21 bits per heavy atom. The van der Waals surface area contributed by atoms with Crippen LogP contribution in [-0.4, -0.2) is 30.0 Å². The Kier molecular flexibility index (Phi) is 4.91. The van der Waals surface area contributed by atoms with E-state index in [4.69, 9.17) is 5.73 Å². The highest BCUT2D eigenvalue weighted by Crippen LogP contribution is 2.30. The molecule has 24 heavy (non-hydrogen) atoms. The van der Waals surface area contributed by atoms with Crippen LogP contribution in [0.2, 0.25) is 0 Å². The number of nitrogens with one attached hydrogen (secondary N) is 1. The van der Waals surface area contributed by atoms with Gasteiger partial charge in [-0.1, -0.05) is 30.3 Å². The lowest BCUT2D eigenvalue weighted by molar-refractivity contribution is -0.141. The Morgan fingerprint density at radius 2 is 1.83 bits per heavy atom. The molecule has 2 rings (SSSR count). The van der Waals surface area contributed by atoms with Gasteiger partial charge in [-0.2, -0.15) is 18.2 Å². The first-order valence-electron chi connectivity index (χ1n) is 6.93. The first kappa shape index (κ1) is 17.5. The fourth-order valence-electron chi connectivity index (χ4n) is 1.97. The van der Waals surface area contributed by atoms with Crippen LogP contribution in [0.15, 0.2) is 36.4 Å². The summed E-state index contributed by atoms with van der Waals surface area (Å²) in [7, 11) is 3.10. The smallest absolute Gasteiger partial charge is 0.368 e. The molecule has 0 bridgehead atoms. The Bertz CT molecular complexity index is 719. The van der Waals surface area contributed by atoms with Gasteiger partial charge < -0.3 is 16.0 Å². The lowest BCUT2D eigenvalue weighted by atomic mass is 10.1. The summed E-state index contributed by atoms with van der Waals surface area (Å²) in [6.45, 7) is 0. The van der Waals surface area contributed by atoms with Gasteiger partial charge in [0.05, 0.1) is 0 Å². The van der Waals surface area contributed by atoms with Gasteiger partial charge in [0, 0.05) is 20.2 Å². The second kappa shape index (κ2) is 6.73. The minimum Gasteiger partial charge on any atom is -0.368 e. The van der Waals surface area contributed by atoms with E-state index in [1.165, 1.54) is 4.90 Å². The standard InChI is InChI=1S/C15H16F3N5O/c1-23(2)11-8-10(15(16,17)18)20-14(21-11)22-12(13(19)24)9-6-4-3-5-7-9/h3-8,12H,1-2H3,(H2,19,24)(H,20,21,22)/t12-/m0/s1. The maximum Gasteiger partial charge on any atom is 0.433 e. The molecule has 1 atom stereocenters. The SMILES string of the molecule is CN(C)c1cc(C(F)(F)F)nc(N[C@H](C(N)=O)c2ccccc2)n1. The molecule has 0 unspecified atom stereocenters. The third-order valence-corrected chi connectivity index (χ3v) is 3.15. The van der Waals surface area contributed by atoms with Crippen molar-refractivity contribution in [3.63, 3.8) is 0 Å². The third-order valence-electron chi connectivity index (χ3n) is 3.15. The molecule has 128 valence electrons. The number of nitrogens with two attached hydrogens (primary N) is 1. The topological polar surface area (TPSA) is 84.1 Å². The second-order valence-corrected chi connectivity index (χ2v) is 5.22. The molecule has 0 aliphatic carbocycles. The number of primary amides is 1. The van der Waals surface area contributed by atoms with Crippen LogP contribution in [0.25, 0.3) is 0 Å². The highest BCUT2D eigenvalue weighted by Gasteiger charge is 2.34. The number of amides is 1. The number of anilines is 2. The first-order chi connectivity index (χ1) is 11.2. The fraction of sp³-hybridized carbons (Fsp3) is 0.267. The van der Waals surface area contributed by atoms with E-state index < -0.39 is 23.8 Å². The quantitative estimate of drug-likeness (QED) is 0.872. The molecule has 0 saturated heterocycles. The van der Waals surface area contributed by atoms with Crippen LogP contribution in [0, 0.1) is 0 Å². The van der Waals surface area contributed by atoms with Gasteiger partial charge in [0.15, 0.2) is 5.69 Å². The predicted molar refractivity (Wildman–Crippen MR) is 83.4 cm³/mol. The maximum absolute atomic E-state index is 13.0. The van der Waals surface area contributed by atoms with Gasteiger partial charge in [-0.25, -0.2) is 4.98 Å². The number of carbonyl (C=O) groups is 1. The van der Waals surface area contributed by atoms with Gasteiger partial charge in [0.2, 0.25) is 11.9 Å². The van der Waals surface area contributed by atoms with Crippen LogP contribution in [0.1, 0.15) is 17.3 Å². The Hall–Kier alpha value is -2.84. The zero-order valence-corrected chi connectivity index (χ0v) is 13.0. The molecular weight excluding hydrogens is 323 g/mol. The molecule has 1 aromatic carbocycles. The van der Waals surface area contributed by atoms with Gasteiger partial charge in [-0.15, -0.1) is 0 Å². The molecule has 9 heteroatoms. The van der Waals surface area contributed by atoms with Crippen LogP contribution in [0.5, 0.6) is 0 Å². The summed E-state index contributed by atoms with van der Waals surface area (Å²) in [5.74, 6) is -1.04. The summed E-state index contributed by atoms with van der Waals surface area (Å²) in [5, 5.41) is 2.58. The fourth-order valence-corrected chi connectivity index (χ4v) is 1.97. The minimum absolute atomic E-state index is 0.0520. The number of rotatable bonds is 5. The van der Waals surface area contributed by atoms with Gasteiger partial charge in [0.1, 0.15) is 11.9 Å². The van der Waals surface area contributed by atoms with Crippen LogP contribution in [0.3, 0.4) is 0 Å². The van der Waals surface area contributed by atoms with Crippen molar-refractivity contribution < 1.29 is 18.0 Å². The highest BCUT2D eigenvalue weighted by molar-refractivity contribution is 5.84. The van der Waals surface area contributed by atoms with Crippen molar-refractivity contribution in [1.82, 2.24) is 9.97 Å². The molecule has 0 fully saturated rings. The van der Waals surface area contributed by atoms with Gasteiger partial charge in [-0.3, -0.25) is 4.79 Å². The van der Waals surface area contributed by atoms with Crippen molar-refractivity contribution in [2.24, 2.45) is 5.73 Å². The predicted octanol–water partition coefficient (Wildman–Crippen LogP) is 2.20. The Labute approximate surface area is 136 Å². The van der Waals surface area contributed by atoms with Gasteiger partial charge in [0.25, 0.3) is 0 Å². The molecule has 0 aliphatic rings. The number of hydrogen-bond donors (Lipinski definition) is 2. The monoisotopic (exact) mass is 339 g/mol. The van der Waals surface area contributed by atoms with Crippen LogP contribution >= 0.6 is 0 Å². The largest absolute Gasteiger partial charge is 0.433 e. The Balaban J connectivity index is 2.43. The molecule has 3 N–H and O–H groups in total. The molecule has 0 aliphatic heterocycles. The molecule has 1 amide bonds. The lowest BCUT2D eigenvalue weighted by Crippen LogP contribution is -2.29. The van der Waals surface area contributed by atoms with Crippen molar-refractivity contribution >= 4 is 17.7 Å². The average Bonchev–Trinajstić information content (AvgIpc) is 2.52. The van der Waals surface area contributed by atoms with Crippen LogP contribution < -0.4 is 16.0 Å². The van der Waals surface area contributed by atoms with Gasteiger partial charge in [-0.05, 0) is 5.56 Å². The van der Waals surface area contributed by atoms with Crippen molar-refractivity contribution in [3.8, 4) is 0 Å². The number of alkyl halides is 3. The van der Waals surface area contributed by atoms with E-state index in [0.29, 0.717) is 5.56 Å². The van der Waals surface area contributed by atoms with Gasteiger partial charge >= 0.3 is 6.18 Å². The molecule has 6 nitrogen and oxygen atoms in total. The number of carbonyl (C=O) groups excluding carboxylic acids is 1. The summed E-state index contributed by atoms with van der Waals surface area (Å²) in [6, 6.07) is 8.14. The first-order valence-corrected chi connectivity index (χ1v) is 6.93. The molecule has 0 spiro atoms. The number of aromatic nitrogens is 2. The number of nitrogens with zero attached hydrogens (tertiary/aromatic N) is 3. The summed E-state index contributed by atoms with van der Waals surface area (Å²) < 4.78 is 39.0. The van der Waals surface area contributed by atoms with E-state index in [1.807, 2.05) is 0 Å². The molecular formula is C15H16F3N5O. The summed E-state index contributed by atoms with van der Waals surface area (Å²) >= 11 is 0. The van der Waals surface area contributed by atoms with E-state index in [1.54, 1.807) is 44.4 Å². The van der Waals surface area contributed by atoms with Crippen LogP contribution in [-0.2, 0) is 11.0 Å². The minimum atomic E-state index is -4.64. The molecule has 1 heterocycles. The highest BCUT2D eigenvalue weighted by atomic mass is 19.4. The van der Waals surface area contributed by atoms with Crippen molar-refractivity contribution in [1.29, 1.82) is 0 Å². The molecule has 2 aromatic rings. The van der Waals surface area contributed by atoms with E-state index in [9.17, 15) is 18.0 Å². The average molecular weight is 339 g/mol. The summed E-state index contributed by atoms with van der Waals surface area (Å²) in [4.78, 5) is 20.5. The number of halogens is 3. The van der Waals surface area contributed by atoms with Crippen molar-refractivity contribution in [2.75, 3.05) is 24.3 Å². The molecule has 0 saturated carbocycles. The summed E-state index contributed by atoms with van der Waals surface area (Å²) in [5.41, 5.74) is 4.74.